The van der Waals surface area contributed by atoms with E-state index in [1.54, 1.807) is 18.4 Å². The third-order valence-electron chi connectivity index (χ3n) is 3.88. The highest BCUT2D eigenvalue weighted by Gasteiger charge is 2.41. The molecule has 1 aliphatic rings. The largest absolute Gasteiger partial charge is 0.481 e. The molecular formula is C14H21NO3S. The molecule has 2 rings (SSSR count). The number of thiophene rings is 1. The molecule has 1 fully saturated rings. The monoisotopic (exact) mass is 283 g/mol. The number of piperidine rings is 1. The van der Waals surface area contributed by atoms with Crippen LogP contribution in [-0.2, 0) is 16.1 Å². The summed E-state index contributed by atoms with van der Waals surface area (Å²) in [6.45, 7) is 2.98. The van der Waals surface area contributed by atoms with Gasteiger partial charge in [0.1, 0.15) is 0 Å². The average Bonchev–Trinajstić information content (AvgIpc) is 2.89. The fraction of sp³-hybridized carbons (Fsp3) is 0.643. The molecule has 1 unspecified atom stereocenters. The molecule has 1 N–H and O–H groups in total. The maximum atomic E-state index is 11.7. The summed E-state index contributed by atoms with van der Waals surface area (Å²) in [4.78, 5) is 13.9. The lowest BCUT2D eigenvalue weighted by molar-refractivity contribution is -0.154. The Morgan fingerprint density at radius 1 is 1.63 bits per heavy atom. The SMILES string of the molecule is COCCC1(C(=O)O)CCCN(Cc2ccsc2)C1. The van der Waals surface area contributed by atoms with Crippen LogP contribution >= 0.6 is 11.3 Å². The van der Waals surface area contributed by atoms with Gasteiger partial charge < -0.3 is 9.84 Å². The smallest absolute Gasteiger partial charge is 0.311 e. The van der Waals surface area contributed by atoms with Gasteiger partial charge in [-0.25, -0.2) is 0 Å². The number of likely N-dealkylation sites (tertiary alicyclic amines) is 1. The van der Waals surface area contributed by atoms with Crippen LogP contribution in [0.15, 0.2) is 16.8 Å². The van der Waals surface area contributed by atoms with Crippen LogP contribution in [0.1, 0.15) is 24.8 Å². The van der Waals surface area contributed by atoms with Crippen molar-refractivity contribution in [1.82, 2.24) is 4.90 Å². The van der Waals surface area contributed by atoms with E-state index in [1.807, 2.05) is 0 Å². The molecular weight excluding hydrogens is 262 g/mol. The van der Waals surface area contributed by atoms with Crippen molar-refractivity contribution in [2.75, 3.05) is 26.8 Å². The summed E-state index contributed by atoms with van der Waals surface area (Å²) in [6, 6.07) is 2.11. The first-order chi connectivity index (χ1) is 9.16. The molecule has 106 valence electrons. The Morgan fingerprint density at radius 3 is 3.11 bits per heavy atom. The Morgan fingerprint density at radius 2 is 2.47 bits per heavy atom. The van der Waals surface area contributed by atoms with Gasteiger partial charge in [-0.3, -0.25) is 9.69 Å². The van der Waals surface area contributed by atoms with E-state index in [0.29, 0.717) is 19.6 Å². The molecule has 1 aromatic heterocycles. The molecule has 0 spiro atoms. The average molecular weight is 283 g/mol. The van der Waals surface area contributed by atoms with Gasteiger partial charge in [-0.05, 0) is 48.2 Å². The molecule has 5 heteroatoms. The highest BCUT2D eigenvalue weighted by molar-refractivity contribution is 7.07. The van der Waals surface area contributed by atoms with Crippen LogP contribution in [0.4, 0.5) is 0 Å². The summed E-state index contributed by atoms with van der Waals surface area (Å²) in [5.41, 5.74) is 0.641. The zero-order chi connectivity index (χ0) is 13.7. The van der Waals surface area contributed by atoms with Crippen molar-refractivity contribution >= 4 is 17.3 Å². The van der Waals surface area contributed by atoms with Crippen molar-refractivity contribution in [2.24, 2.45) is 5.41 Å². The maximum absolute atomic E-state index is 11.7. The maximum Gasteiger partial charge on any atom is 0.311 e. The van der Waals surface area contributed by atoms with E-state index in [9.17, 15) is 9.90 Å². The minimum absolute atomic E-state index is 0.512. The lowest BCUT2D eigenvalue weighted by Crippen LogP contribution is -2.48. The van der Waals surface area contributed by atoms with Gasteiger partial charge in [-0.15, -0.1) is 0 Å². The van der Waals surface area contributed by atoms with Crippen LogP contribution in [0, 0.1) is 5.41 Å². The second kappa shape index (κ2) is 6.50. The highest BCUT2D eigenvalue weighted by Crippen LogP contribution is 2.34. The molecule has 1 aliphatic heterocycles. The van der Waals surface area contributed by atoms with Crippen molar-refractivity contribution in [1.29, 1.82) is 0 Å². The quantitative estimate of drug-likeness (QED) is 0.871. The number of ether oxygens (including phenoxy) is 1. The zero-order valence-corrected chi connectivity index (χ0v) is 12.1. The Hall–Kier alpha value is -0.910. The molecule has 0 aromatic carbocycles. The van der Waals surface area contributed by atoms with E-state index in [-0.39, 0.29) is 0 Å². The number of hydrogen-bond donors (Lipinski definition) is 1. The van der Waals surface area contributed by atoms with Crippen LogP contribution in [0.25, 0.3) is 0 Å². The molecule has 1 aromatic rings. The molecule has 2 heterocycles. The number of methoxy groups -OCH3 is 1. The van der Waals surface area contributed by atoms with Gasteiger partial charge >= 0.3 is 5.97 Å². The standard InChI is InChI=1S/C14H21NO3S/c1-18-7-5-14(13(16)17)4-2-6-15(11-14)9-12-3-8-19-10-12/h3,8,10H,2,4-7,9,11H2,1H3,(H,16,17). The third-order valence-corrected chi connectivity index (χ3v) is 4.61. The first-order valence-electron chi connectivity index (χ1n) is 6.62. The zero-order valence-electron chi connectivity index (χ0n) is 11.3. The van der Waals surface area contributed by atoms with Gasteiger partial charge in [0.2, 0.25) is 0 Å². The lowest BCUT2D eigenvalue weighted by Gasteiger charge is -2.39. The first kappa shape index (κ1) is 14.5. The third kappa shape index (κ3) is 3.55. The number of carboxylic acid groups (broad SMARTS) is 1. The summed E-state index contributed by atoms with van der Waals surface area (Å²) in [7, 11) is 1.63. The molecule has 4 nitrogen and oxygen atoms in total. The molecule has 0 saturated carbocycles. The second-order valence-corrected chi connectivity index (χ2v) is 6.05. The van der Waals surface area contributed by atoms with Crippen LogP contribution in [0.5, 0.6) is 0 Å². The molecule has 0 bridgehead atoms. The Balaban J connectivity index is 2.02. The minimum atomic E-state index is -0.681. The number of carboxylic acids is 1. The van der Waals surface area contributed by atoms with Crippen LogP contribution in [0.3, 0.4) is 0 Å². The molecule has 0 aliphatic carbocycles. The van der Waals surface area contributed by atoms with Crippen LogP contribution in [-0.4, -0.2) is 42.8 Å². The molecule has 0 radical (unpaired) electrons. The fourth-order valence-corrected chi connectivity index (χ4v) is 3.45. The summed E-state index contributed by atoms with van der Waals surface area (Å²) in [5, 5.41) is 13.8. The Kier molecular flexibility index (Phi) is 4.96. The topological polar surface area (TPSA) is 49.8 Å². The van der Waals surface area contributed by atoms with Gasteiger partial charge in [0.05, 0.1) is 5.41 Å². The summed E-state index contributed by atoms with van der Waals surface area (Å²) in [5.74, 6) is -0.681. The van der Waals surface area contributed by atoms with E-state index < -0.39 is 11.4 Å². The Bertz CT molecular complexity index is 407. The highest BCUT2D eigenvalue weighted by atomic mass is 32.1. The van der Waals surface area contributed by atoms with E-state index in [2.05, 4.69) is 21.7 Å². The van der Waals surface area contributed by atoms with Crippen LogP contribution in [0.2, 0.25) is 0 Å². The van der Waals surface area contributed by atoms with Crippen LogP contribution < -0.4 is 0 Å². The number of hydrogen-bond acceptors (Lipinski definition) is 4. The molecule has 0 amide bonds. The molecule has 19 heavy (non-hydrogen) atoms. The van der Waals surface area contributed by atoms with E-state index in [0.717, 1.165) is 25.9 Å². The minimum Gasteiger partial charge on any atom is -0.481 e. The van der Waals surface area contributed by atoms with Gasteiger partial charge in [-0.1, -0.05) is 0 Å². The van der Waals surface area contributed by atoms with Gasteiger partial charge in [-0.2, -0.15) is 11.3 Å². The molecule has 1 saturated heterocycles. The number of aliphatic carboxylic acids is 1. The Labute approximate surface area is 118 Å². The second-order valence-electron chi connectivity index (χ2n) is 5.27. The predicted octanol–water partition coefficient (Wildman–Crippen LogP) is 2.45. The van der Waals surface area contributed by atoms with Crippen molar-refractivity contribution in [3.05, 3.63) is 22.4 Å². The van der Waals surface area contributed by atoms with Gasteiger partial charge in [0, 0.05) is 26.8 Å². The number of carbonyl (C=O) groups is 1. The normalized spacial score (nSPS) is 24.5. The van der Waals surface area contributed by atoms with E-state index in [1.165, 1.54) is 5.56 Å². The predicted molar refractivity (Wildman–Crippen MR) is 75.4 cm³/mol. The van der Waals surface area contributed by atoms with E-state index >= 15 is 0 Å². The number of rotatable bonds is 6. The van der Waals surface area contributed by atoms with Gasteiger partial charge in [0.25, 0.3) is 0 Å². The van der Waals surface area contributed by atoms with Crippen molar-refractivity contribution in [3.8, 4) is 0 Å². The number of nitrogens with zero attached hydrogens (tertiary/aromatic N) is 1. The summed E-state index contributed by atoms with van der Waals surface area (Å²) < 4.78 is 5.08. The lowest BCUT2D eigenvalue weighted by atomic mass is 9.77. The summed E-state index contributed by atoms with van der Waals surface area (Å²) in [6.07, 6.45) is 2.30. The first-order valence-corrected chi connectivity index (χ1v) is 7.56. The fourth-order valence-electron chi connectivity index (χ4n) is 2.79. The summed E-state index contributed by atoms with van der Waals surface area (Å²) >= 11 is 1.69. The van der Waals surface area contributed by atoms with Crippen molar-refractivity contribution < 1.29 is 14.6 Å². The van der Waals surface area contributed by atoms with Crippen molar-refractivity contribution in [2.45, 2.75) is 25.8 Å². The van der Waals surface area contributed by atoms with Crippen molar-refractivity contribution in [3.63, 3.8) is 0 Å². The van der Waals surface area contributed by atoms with E-state index in [4.69, 9.17) is 4.74 Å². The molecule has 1 atom stereocenters. The van der Waals surface area contributed by atoms with Gasteiger partial charge in [0.15, 0.2) is 0 Å².